The molecule has 2 aliphatic heterocycles. The first-order valence-corrected chi connectivity index (χ1v) is 9.49. The fraction of sp³-hybridized carbons (Fsp3) is 0.300. The van der Waals surface area contributed by atoms with Crippen LogP contribution in [-0.4, -0.2) is 28.5 Å². The van der Waals surface area contributed by atoms with E-state index in [4.69, 9.17) is 9.47 Å². The van der Waals surface area contributed by atoms with Gasteiger partial charge in [-0.2, -0.15) is 10.1 Å². The highest BCUT2D eigenvalue weighted by molar-refractivity contribution is 9.10. The van der Waals surface area contributed by atoms with Crippen molar-refractivity contribution in [1.82, 2.24) is 5.01 Å². The third kappa shape index (κ3) is 3.44. The first-order chi connectivity index (χ1) is 13.0. The van der Waals surface area contributed by atoms with E-state index in [1.165, 1.54) is 5.01 Å². The molecule has 2 aromatic rings. The molecule has 27 heavy (non-hydrogen) atoms. The molecular formula is C20H19BrN2O4. The lowest BCUT2D eigenvalue weighted by molar-refractivity contribution is -0.157. The van der Waals surface area contributed by atoms with Gasteiger partial charge >= 0.3 is 0 Å². The molecule has 140 valence electrons. The van der Waals surface area contributed by atoms with Gasteiger partial charge in [-0.3, -0.25) is 4.79 Å². The molecule has 0 aliphatic carbocycles. The minimum atomic E-state index is -1.45. The highest BCUT2D eigenvalue weighted by atomic mass is 79.9. The molecule has 4 rings (SSSR count). The molecule has 2 heterocycles. The van der Waals surface area contributed by atoms with Crippen molar-refractivity contribution in [2.24, 2.45) is 5.10 Å². The van der Waals surface area contributed by atoms with E-state index >= 15 is 0 Å². The maximum absolute atomic E-state index is 12.8. The molecule has 7 heteroatoms. The maximum atomic E-state index is 12.8. The van der Waals surface area contributed by atoms with Crippen LogP contribution in [0.5, 0.6) is 11.5 Å². The smallest absolute Gasteiger partial charge is 0.245 e. The SMILES string of the molecule is CC1=NN(C(=O)CCc2ccc3c(c2)OCO3)[C@@](O)(c2ccc(Br)cc2)C1. The van der Waals surface area contributed by atoms with Gasteiger partial charge in [-0.1, -0.05) is 34.1 Å². The second-order valence-corrected chi connectivity index (χ2v) is 7.64. The Bertz CT molecular complexity index is 913. The van der Waals surface area contributed by atoms with E-state index < -0.39 is 5.72 Å². The zero-order chi connectivity index (χ0) is 19.0. The van der Waals surface area contributed by atoms with Crippen molar-refractivity contribution in [1.29, 1.82) is 0 Å². The van der Waals surface area contributed by atoms with Crippen LogP contribution in [0, 0.1) is 0 Å². The minimum absolute atomic E-state index is 0.222. The van der Waals surface area contributed by atoms with Crippen LogP contribution in [0.3, 0.4) is 0 Å². The summed E-state index contributed by atoms with van der Waals surface area (Å²) in [6.07, 6.45) is 1.05. The third-order valence-corrected chi connectivity index (χ3v) is 5.26. The number of aliphatic hydroxyl groups is 1. The number of hydrogen-bond acceptors (Lipinski definition) is 5. The van der Waals surface area contributed by atoms with Crippen LogP contribution in [0.1, 0.15) is 30.9 Å². The van der Waals surface area contributed by atoms with Crippen LogP contribution in [0.4, 0.5) is 0 Å². The number of benzene rings is 2. The van der Waals surface area contributed by atoms with Crippen molar-refractivity contribution in [3.05, 3.63) is 58.1 Å². The van der Waals surface area contributed by atoms with Gasteiger partial charge in [0.05, 0.1) is 0 Å². The number of halogens is 1. The summed E-state index contributed by atoms with van der Waals surface area (Å²) >= 11 is 3.39. The van der Waals surface area contributed by atoms with E-state index in [0.29, 0.717) is 24.2 Å². The Hall–Kier alpha value is -2.38. The number of aryl methyl sites for hydroxylation is 1. The van der Waals surface area contributed by atoms with Gasteiger partial charge < -0.3 is 14.6 Å². The summed E-state index contributed by atoms with van der Waals surface area (Å²) in [5.41, 5.74) is 0.885. The summed E-state index contributed by atoms with van der Waals surface area (Å²) < 4.78 is 11.6. The van der Waals surface area contributed by atoms with E-state index in [1.807, 2.05) is 37.3 Å². The quantitative estimate of drug-likeness (QED) is 0.804. The van der Waals surface area contributed by atoms with E-state index in [-0.39, 0.29) is 19.1 Å². The topological polar surface area (TPSA) is 71.4 Å². The fourth-order valence-electron chi connectivity index (χ4n) is 3.38. The fourth-order valence-corrected chi connectivity index (χ4v) is 3.64. The van der Waals surface area contributed by atoms with Crippen LogP contribution in [0.15, 0.2) is 52.0 Å². The number of fused-ring (bicyclic) bond motifs is 1. The lowest BCUT2D eigenvalue weighted by Gasteiger charge is -2.31. The summed E-state index contributed by atoms with van der Waals surface area (Å²) in [4.78, 5) is 12.8. The predicted molar refractivity (Wildman–Crippen MR) is 103 cm³/mol. The molecule has 0 fully saturated rings. The maximum Gasteiger partial charge on any atom is 0.245 e. The molecule has 1 amide bonds. The van der Waals surface area contributed by atoms with Crippen molar-refractivity contribution in [3.8, 4) is 11.5 Å². The first-order valence-electron chi connectivity index (χ1n) is 8.70. The predicted octanol–water partition coefficient (Wildman–Crippen LogP) is 3.56. The largest absolute Gasteiger partial charge is 0.454 e. The Morgan fingerprint density at radius 3 is 2.74 bits per heavy atom. The molecule has 2 aliphatic rings. The van der Waals surface area contributed by atoms with Crippen molar-refractivity contribution in [3.63, 3.8) is 0 Å². The molecule has 2 aromatic carbocycles. The van der Waals surface area contributed by atoms with Gasteiger partial charge in [0.25, 0.3) is 0 Å². The molecule has 0 bridgehead atoms. The summed E-state index contributed by atoms with van der Waals surface area (Å²) in [5.74, 6) is 1.19. The summed E-state index contributed by atoms with van der Waals surface area (Å²) in [6, 6.07) is 12.9. The normalized spacial score (nSPS) is 20.7. The monoisotopic (exact) mass is 430 g/mol. The number of rotatable bonds is 4. The van der Waals surface area contributed by atoms with Crippen molar-refractivity contribution < 1.29 is 19.4 Å². The highest BCUT2D eigenvalue weighted by Crippen LogP contribution is 2.37. The molecule has 0 saturated heterocycles. The molecule has 1 atom stereocenters. The van der Waals surface area contributed by atoms with Gasteiger partial charge in [0.1, 0.15) is 0 Å². The van der Waals surface area contributed by atoms with E-state index in [0.717, 1.165) is 21.5 Å². The second-order valence-electron chi connectivity index (χ2n) is 6.73. The Labute approximate surface area is 165 Å². The van der Waals surface area contributed by atoms with Crippen LogP contribution in [-0.2, 0) is 16.9 Å². The average Bonchev–Trinajstić information content (AvgIpc) is 3.24. The lowest BCUT2D eigenvalue weighted by Crippen LogP contribution is -2.43. The van der Waals surface area contributed by atoms with Gasteiger partial charge in [0.15, 0.2) is 17.2 Å². The number of amides is 1. The Morgan fingerprint density at radius 2 is 1.96 bits per heavy atom. The number of nitrogens with zero attached hydrogens (tertiary/aromatic N) is 2. The molecular weight excluding hydrogens is 412 g/mol. The van der Waals surface area contributed by atoms with Crippen LogP contribution < -0.4 is 9.47 Å². The van der Waals surface area contributed by atoms with Crippen molar-refractivity contribution in [2.45, 2.75) is 31.9 Å². The van der Waals surface area contributed by atoms with Gasteiger partial charge in [0.2, 0.25) is 12.7 Å². The number of carbonyl (C=O) groups is 1. The molecule has 6 nitrogen and oxygen atoms in total. The van der Waals surface area contributed by atoms with E-state index in [9.17, 15) is 9.90 Å². The Kier molecular flexibility index (Phi) is 4.65. The average molecular weight is 431 g/mol. The van der Waals surface area contributed by atoms with E-state index in [2.05, 4.69) is 21.0 Å². The molecule has 1 N–H and O–H groups in total. The Balaban J connectivity index is 1.50. The van der Waals surface area contributed by atoms with Crippen molar-refractivity contribution in [2.75, 3.05) is 6.79 Å². The van der Waals surface area contributed by atoms with E-state index in [1.54, 1.807) is 12.1 Å². The molecule has 0 unspecified atom stereocenters. The number of carbonyl (C=O) groups excluding carboxylic acids is 1. The van der Waals surface area contributed by atoms with Crippen molar-refractivity contribution >= 4 is 27.5 Å². The zero-order valence-corrected chi connectivity index (χ0v) is 16.4. The second kappa shape index (κ2) is 6.98. The van der Waals surface area contributed by atoms with Gasteiger partial charge in [-0.05, 0) is 43.2 Å². The van der Waals surface area contributed by atoms with Crippen LogP contribution in [0.2, 0.25) is 0 Å². The van der Waals surface area contributed by atoms with Gasteiger partial charge in [-0.25, -0.2) is 0 Å². The summed E-state index contributed by atoms with van der Waals surface area (Å²) in [5, 5.41) is 16.7. The van der Waals surface area contributed by atoms with Gasteiger partial charge in [-0.15, -0.1) is 0 Å². The number of hydrogen-bond donors (Lipinski definition) is 1. The number of hydrazone groups is 1. The van der Waals surface area contributed by atoms with Crippen LogP contribution >= 0.6 is 15.9 Å². The lowest BCUT2D eigenvalue weighted by atomic mass is 9.97. The zero-order valence-electron chi connectivity index (χ0n) is 14.8. The third-order valence-electron chi connectivity index (χ3n) is 4.73. The summed E-state index contributed by atoms with van der Waals surface area (Å²) in [6.45, 7) is 2.04. The highest BCUT2D eigenvalue weighted by Gasteiger charge is 2.44. The molecule has 0 saturated carbocycles. The standard InChI is InChI=1S/C20H19BrN2O4/c1-13-11-20(25,15-4-6-16(21)7-5-15)23(22-13)19(24)9-3-14-2-8-17-18(10-14)27-12-26-17/h2,4-8,10,25H,3,9,11-12H2,1H3/t20-/m0/s1. The first kappa shape index (κ1) is 18.0. The van der Waals surface area contributed by atoms with Gasteiger partial charge in [0, 0.05) is 28.6 Å². The summed E-state index contributed by atoms with van der Waals surface area (Å²) in [7, 11) is 0. The number of ether oxygens (including phenoxy) is 2. The molecule has 0 spiro atoms. The Morgan fingerprint density at radius 1 is 1.22 bits per heavy atom. The minimum Gasteiger partial charge on any atom is -0.454 e. The molecule has 0 radical (unpaired) electrons. The van der Waals surface area contributed by atoms with Crippen LogP contribution in [0.25, 0.3) is 0 Å². The molecule has 0 aromatic heterocycles.